The molecule has 2 N–H and O–H groups in total. The van der Waals surface area contributed by atoms with Crippen LogP contribution in [0.5, 0.6) is 0 Å². The van der Waals surface area contributed by atoms with E-state index in [9.17, 15) is 4.79 Å². The molecule has 1 aliphatic rings. The zero-order chi connectivity index (χ0) is 9.90. The first-order chi connectivity index (χ1) is 6.12. The van der Waals surface area contributed by atoms with Crippen molar-refractivity contribution in [2.45, 2.75) is 45.1 Å². The summed E-state index contributed by atoms with van der Waals surface area (Å²) in [6.07, 6.45) is 3.46. The average Bonchev–Trinajstić information content (AvgIpc) is 2.85. The molecule has 1 amide bonds. The molecule has 1 unspecified atom stereocenters. The van der Waals surface area contributed by atoms with Gasteiger partial charge in [-0.25, -0.2) is 0 Å². The third-order valence-electron chi connectivity index (χ3n) is 2.79. The van der Waals surface area contributed by atoms with Crippen molar-refractivity contribution in [1.29, 1.82) is 0 Å². The summed E-state index contributed by atoms with van der Waals surface area (Å²) in [5.74, 6) is 0.524. The number of rotatable bonds is 5. The highest BCUT2D eigenvalue weighted by molar-refractivity contribution is 5.77. The maximum atomic E-state index is 11.4. The van der Waals surface area contributed by atoms with Crippen molar-refractivity contribution in [1.82, 2.24) is 5.32 Å². The standard InChI is InChI=1S/C10H19NO2/c1-3-8(2)6-9(13)11-10(7-12)4-5-10/h8,12H,3-7H2,1-2H3,(H,11,13). The molecule has 0 aromatic heterocycles. The Morgan fingerprint density at radius 1 is 1.62 bits per heavy atom. The maximum Gasteiger partial charge on any atom is 0.220 e. The van der Waals surface area contributed by atoms with Crippen molar-refractivity contribution < 1.29 is 9.90 Å². The highest BCUT2D eigenvalue weighted by atomic mass is 16.3. The molecule has 0 aliphatic heterocycles. The summed E-state index contributed by atoms with van der Waals surface area (Å²) in [7, 11) is 0. The summed E-state index contributed by atoms with van der Waals surface area (Å²) in [5.41, 5.74) is -0.245. The van der Waals surface area contributed by atoms with E-state index >= 15 is 0 Å². The molecular weight excluding hydrogens is 166 g/mol. The van der Waals surface area contributed by atoms with E-state index in [1.165, 1.54) is 0 Å². The molecule has 3 nitrogen and oxygen atoms in total. The third kappa shape index (κ3) is 2.99. The second-order valence-corrected chi connectivity index (χ2v) is 4.20. The molecule has 1 aliphatic carbocycles. The molecule has 1 rings (SSSR count). The Kier molecular flexibility index (Phi) is 3.31. The fourth-order valence-electron chi connectivity index (χ4n) is 1.28. The van der Waals surface area contributed by atoms with Crippen LogP contribution in [0.1, 0.15) is 39.5 Å². The number of amides is 1. The lowest BCUT2D eigenvalue weighted by Gasteiger charge is -2.15. The zero-order valence-electron chi connectivity index (χ0n) is 8.47. The van der Waals surface area contributed by atoms with Crippen LogP contribution in [0.15, 0.2) is 0 Å². The highest BCUT2D eigenvalue weighted by Crippen LogP contribution is 2.34. The molecule has 0 heterocycles. The number of aliphatic hydroxyl groups is 1. The van der Waals surface area contributed by atoms with Gasteiger partial charge in [0.25, 0.3) is 0 Å². The number of carbonyl (C=O) groups is 1. The predicted molar refractivity (Wildman–Crippen MR) is 51.3 cm³/mol. The minimum atomic E-state index is -0.245. The molecule has 0 bridgehead atoms. The van der Waals surface area contributed by atoms with Gasteiger partial charge in [0.15, 0.2) is 0 Å². The number of aliphatic hydroxyl groups excluding tert-OH is 1. The van der Waals surface area contributed by atoms with Gasteiger partial charge in [0.1, 0.15) is 0 Å². The lowest BCUT2D eigenvalue weighted by atomic mass is 10.0. The Bertz CT molecular complexity index is 187. The molecule has 0 spiro atoms. The zero-order valence-corrected chi connectivity index (χ0v) is 8.47. The van der Waals surface area contributed by atoms with Crippen LogP contribution < -0.4 is 5.32 Å². The molecule has 76 valence electrons. The quantitative estimate of drug-likeness (QED) is 0.673. The Morgan fingerprint density at radius 2 is 2.23 bits per heavy atom. The first-order valence-electron chi connectivity index (χ1n) is 5.04. The Balaban J connectivity index is 2.25. The van der Waals surface area contributed by atoms with Crippen LogP contribution in [-0.2, 0) is 4.79 Å². The van der Waals surface area contributed by atoms with Gasteiger partial charge >= 0.3 is 0 Å². The molecular formula is C10H19NO2. The van der Waals surface area contributed by atoms with Crippen molar-refractivity contribution in [3.05, 3.63) is 0 Å². The topological polar surface area (TPSA) is 49.3 Å². The smallest absolute Gasteiger partial charge is 0.220 e. The molecule has 3 heteroatoms. The van der Waals surface area contributed by atoms with Crippen LogP contribution in [0.4, 0.5) is 0 Å². The molecule has 0 aromatic carbocycles. The molecule has 13 heavy (non-hydrogen) atoms. The van der Waals surface area contributed by atoms with E-state index in [0.29, 0.717) is 12.3 Å². The lowest BCUT2D eigenvalue weighted by molar-refractivity contribution is -0.123. The first kappa shape index (κ1) is 10.5. The fourth-order valence-corrected chi connectivity index (χ4v) is 1.28. The molecule has 1 atom stereocenters. The van der Waals surface area contributed by atoms with Gasteiger partial charge < -0.3 is 10.4 Å². The van der Waals surface area contributed by atoms with E-state index in [-0.39, 0.29) is 18.1 Å². The van der Waals surface area contributed by atoms with Gasteiger partial charge in [0.2, 0.25) is 5.91 Å². The number of carbonyl (C=O) groups excluding carboxylic acids is 1. The highest BCUT2D eigenvalue weighted by Gasteiger charge is 2.43. The van der Waals surface area contributed by atoms with Crippen LogP contribution in [0, 0.1) is 5.92 Å². The van der Waals surface area contributed by atoms with Crippen molar-refractivity contribution in [2.75, 3.05) is 6.61 Å². The largest absolute Gasteiger partial charge is 0.394 e. The SMILES string of the molecule is CCC(C)CC(=O)NC1(CO)CC1. The monoisotopic (exact) mass is 185 g/mol. The average molecular weight is 185 g/mol. The Morgan fingerprint density at radius 3 is 2.62 bits per heavy atom. The third-order valence-corrected chi connectivity index (χ3v) is 2.79. The van der Waals surface area contributed by atoms with Gasteiger partial charge in [-0.2, -0.15) is 0 Å². The summed E-state index contributed by atoms with van der Waals surface area (Å²) in [6.45, 7) is 4.23. The van der Waals surface area contributed by atoms with E-state index in [0.717, 1.165) is 19.3 Å². The molecule has 1 saturated carbocycles. The molecule has 0 radical (unpaired) electrons. The van der Waals surface area contributed by atoms with Crippen molar-refractivity contribution in [3.8, 4) is 0 Å². The second kappa shape index (κ2) is 4.09. The Hall–Kier alpha value is -0.570. The lowest BCUT2D eigenvalue weighted by Crippen LogP contribution is -2.40. The minimum absolute atomic E-state index is 0.0826. The molecule has 0 saturated heterocycles. The van der Waals surface area contributed by atoms with Crippen molar-refractivity contribution in [2.24, 2.45) is 5.92 Å². The van der Waals surface area contributed by atoms with Crippen LogP contribution in [-0.4, -0.2) is 23.2 Å². The van der Waals surface area contributed by atoms with Crippen LogP contribution in [0.2, 0.25) is 0 Å². The van der Waals surface area contributed by atoms with Crippen LogP contribution in [0.3, 0.4) is 0 Å². The summed E-state index contributed by atoms with van der Waals surface area (Å²) in [6, 6.07) is 0. The number of hydrogen-bond acceptors (Lipinski definition) is 2. The maximum absolute atomic E-state index is 11.4. The van der Waals surface area contributed by atoms with Crippen molar-refractivity contribution >= 4 is 5.91 Å². The van der Waals surface area contributed by atoms with Gasteiger partial charge in [0, 0.05) is 6.42 Å². The van der Waals surface area contributed by atoms with E-state index in [1.807, 2.05) is 0 Å². The summed E-state index contributed by atoms with van der Waals surface area (Å²) >= 11 is 0. The number of hydrogen-bond donors (Lipinski definition) is 2. The molecule has 1 fully saturated rings. The van der Waals surface area contributed by atoms with Crippen LogP contribution >= 0.6 is 0 Å². The molecule has 0 aromatic rings. The van der Waals surface area contributed by atoms with Crippen molar-refractivity contribution in [3.63, 3.8) is 0 Å². The van der Waals surface area contributed by atoms with Gasteiger partial charge in [-0.15, -0.1) is 0 Å². The van der Waals surface area contributed by atoms with E-state index in [4.69, 9.17) is 5.11 Å². The van der Waals surface area contributed by atoms with Crippen LogP contribution in [0.25, 0.3) is 0 Å². The normalized spacial score (nSPS) is 20.8. The predicted octanol–water partition coefficient (Wildman–Crippen LogP) is 1.06. The number of nitrogens with one attached hydrogen (secondary N) is 1. The van der Waals surface area contributed by atoms with Gasteiger partial charge in [-0.05, 0) is 18.8 Å². The van der Waals surface area contributed by atoms with Gasteiger partial charge in [-0.1, -0.05) is 20.3 Å². The summed E-state index contributed by atoms with van der Waals surface area (Å²) in [5, 5.41) is 11.9. The van der Waals surface area contributed by atoms with E-state index in [2.05, 4.69) is 19.2 Å². The van der Waals surface area contributed by atoms with E-state index < -0.39 is 0 Å². The minimum Gasteiger partial charge on any atom is -0.394 e. The van der Waals surface area contributed by atoms with Gasteiger partial charge in [0.05, 0.1) is 12.1 Å². The fraction of sp³-hybridized carbons (Fsp3) is 0.900. The first-order valence-corrected chi connectivity index (χ1v) is 5.04. The summed E-state index contributed by atoms with van der Waals surface area (Å²) < 4.78 is 0. The van der Waals surface area contributed by atoms with E-state index in [1.54, 1.807) is 0 Å². The van der Waals surface area contributed by atoms with Gasteiger partial charge in [-0.3, -0.25) is 4.79 Å². The second-order valence-electron chi connectivity index (χ2n) is 4.20. The summed E-state index contributed by atoms with van der Waals surface area (Å²) in [4.78, 5) is 11.4. The Labute approximate surface area is 79.5 Å².